The first-order valence-electron chi connectivity index (χ1n) is 14.8. The molecule has 1 aromatic carbocycles. The van der Waals surface area contributed by atoms with Crippen LogP contribution in [0.25, 0.3) is 0 Å². The first-order valence-corrected chi connectivity index (χ1v) is 14.8. The number of esters is 2. The van der Waals surface area contributed by atoms with Gasteiger partial charge < -0.3 is 56.8 Å². The Hall–Kier alpha value is -2.24. The van der Waals surface area contributed by atoms with Gasteiger partial charge in [0.2, 0.25) is 0 Å². The summed E-state index contributed by atoms with van der Waals surface area (Å²) in [6.45, 7) is 8.62. The van der Waals surface area contributed by atoms with Gasteiger partial charge in [0.05, 0.1) is 138 Å². The van der Waals surface area contributed by atoms with Crippen LogP contribution in [0.3, 0.4) is 0 Å². The summed E-state index contributed by atoms with van der Waals surface area (Å²) in [5, 5.41) is 0. The maximum absolute atomic E-state index is 11.8. The molecule has 1 rings (SSSR count). The van der Waals surface area contributed by atoms with Crippen molar-refractivity contribution in [3.8, 4) is 0 Å². The quantitative estimate of drug-likeness (QED) is 0.0806. The molecule has 14 nitrogen and oxygen atoms in total. The molecule has 0 N–H and O–H groups in total. The number of carbonyl (C=O) groups is 2. The molecule has 0 fully saturated rings. The molecule has 44 heavy (non-hydrogen) atoms. The molecule has 254 valence electrons. The third kappa shape index (κ3) is 27.3. The maximum atomic E-state index is 11.8. The van der Waals surface area contributed by atoms with Crippen molar-refractivity contribution in [3.05, 3.63) is 35.9 Å². The molecule has 0 aromatic heterocycles. The van der Waals surface area contributed by atoms with E-state index in [0.717, 1.165) is 0 Å². The van der Waals surface area contributed by atoms with E-state index in [9.17, 15) is 9.59 Å². The highest BCUT2D eigenvalue weighted by Gasteiger charge is 2.05. The molecule has 0 atom stereocenters. The fraction of sp³-hybridized carbons (Fsp3) is 0.733. The number of methoxy groups -OCH3 is 1. The molecule has 1 aromatic rings. The zero-order valence-corrected chi connectivity index (χ0v) is 26.0. The topological polar surface area (TPSA) is 145 Å². The van der Waals surface area contributed by atoms with Crippen molar-refractivity contribution in [3.63, 3.8) is 0 Å². The second-order valence-corrected chi connectivity index (χ2v) is 8.64. The highest BCUT2D eigenvalue weighted by molar-refractivity contribution is 5.89. The number of carbonyl (C=O) groups excluding carboxylic acids is 2. The molecule has 0 heterocycles. The molecule has 0 aliphatic rings. The smallest absolute Gasteiger partial charge is 0.338 e. The Labute approximate surface area is 260 Å². The van der Waals surface area contributed by atoms with E-state index in [4.69, 9.17) is 52.1 Å². The van der Waals surface area contributed by atoms with Gasteiger partial charge in [-0.3, -0.25) is 0 Å². The van der Waals surface area contributed by atoms with Gasteiger partial charge in [0.1, 0.15) is 13.2 Å². The minimum Gasteiger partial charge on any atom is -0.467 e. The van der Waals surface area contributed by atoms with Crippen LogP contribution in [0.15, 0.2) is 30.3 Å². The lowest BCUT2D eigenvalue weighted by Crippen LogP contribution is -2.16. The van der Waals surface area contributed by atoms with Crippen LogP contribution in [0.2, 0.25) is 0 Å². The fourth-order valence-corrected chi connectivity index (χ4v) is 3.04. The Morgan fingerprint density at radius 3 is 1.05 bits per heavy atom. The predicted octanol–water partition coefficient (Wildman–Crippen LogP) is 1.18. The van der Waals surface area contributed by atoms with Crippen LogP contribution in [0, 0.1) is 0 Å². The average molecular weight is 635 g/mol. The fourth-order valence-electron chi connectivity index (χ4n) is 3.04. The summed E-state index contributed by atoms with van der Waals surface area (Å²) in [4.78, 5) is 22.6. The number of hydrogen-bond donors (Lipinski definition) is 0. The molecule has 14 heteroatoms. The van der Waals surface area contributed by atoms with Crippen LogP contribution in [-0.2, 0) is 61.6 Å². The summed E-state index contributed by atoms with van der Waals surface area (Å²) in [6.07, 6.45) is 0. The summed E-state index contributed by atoms with van der Waals surface area (Å²) in [6, 6.07) is 8.83. The van der Waals surface area contributed by atoms with E-state index in [1.54, 1.807) is 24.3 Å². The molecule has 0 amide bonds. The lowest BCUT2D eigenvalue weighted by molar-refractivity contribution is -0.146. The van der Waals surface area contributed by atoms with Gasteiger partial charge in [0, 0.05) is 0 Å². The number of hydrogen-bond acceptors (Lipinski definition) is 14. The highest BCUT2D eigenvalue weighted by atomic mass is 16.6. The van der Waals surface area contributed by atoms with Crippen LogP contribution in [0.4, 0.5) is 0 Å². The van der Waals surface area contributed by atoms with Gasteiger partial charge >= 0.3 is 11.9 Å². The van der Waals surface area contributed by atoms with E-state index in [0.29, 0.717) is 131 Å². The molecular weight excluding hydrogens is 584 g/mol. The number of rotatable bonds is 33. The van der Waals surface area contributed by atoms with Crippen molar-refractivity contribution in [2.75, 3.05) is 146 Å². The van der Waals surface area contributed by atoms with E-state index in [-0.39, 0.29) is 19.2 Å². The maximum Gasteiger partial charge on any atom is 0.338 e. The van der Waals surface area contributed by atoms with Crippen molar-refractivity contribution in [2.24, 2.45) is 0 Å². The molecule has 0 aliphatic heterocycles. The lowest BCUT2D eigenvalue weighted by atomic mass is 10.2. The third-order valence-corrected chi connectivity index (χ3v) is 5.27. The second-order valence-electron chi connectivity index (χ2n) is 8.64. The Morgan fingerprint density at radius 2 is 0.727 bits per heavy atom. The molecule has 0 saturated heterocycles. The van der Waals surface area contributed by atoms with Crippen LogP contribution in [0.5, 0.6) is 0 Å². The third-order valence-electron chi connectivity index (χ3n) is 5.27. The van der Waals surface area contributed by atoms with Crippen molar-refractivity contribution in [1.29, 1.82) is 0 Å². The summed E-state index contributed by atoms with van der Waals surface area (Å²) >= 11 is 0. The van der Waals surface area contributed by atoms with Crippen molar-refractivity contribution in [1.82, 2.24) is 0 Å². The molecule has 0 unspecified atom stereocenters. The van der Waals surface area contributed by atoms with Crippen molar-refractivity contribution < 1.29 is 66.4 Å². The Morgan fingerprint density at radius 1 is 0.432 bits per heavy atom. The van der Waals surface area contributed by atoms with Gasteiger partial charge in [-0.15, -0.1) is 0 Å². The monoisotopic (exact) mass is 634 g/mol. The van der Waals surface area contributed by atoms with Crippen LogP contribution in [0.1, 0.15) is 10.4 Å². The predicted molar refractivity (Wildman–Crippen MR) is 157 cm³/mol. The standard InChI is InChI=1S/C30H50O14/c1-33-29(31)27-43-24-23-41-20-19-39-16-15-37-12-11-35-8-7-34-9-10-36-13-14-38-17-18-40-21-22-42-25-26-44-30(32)28-5-3-2-4-6-28/h2-6H,7-27H2,1H3. The molecule has 0 radical (unpaired) electrons. The molecule has 0 bridgehead atoms. The normalized spacial score (nSPS) is 11.1. The first kappa shape index (κ1) is 39.8. The Bertz CT molecular complexity index is 767. The molecule has 0 saturated carbocycles. The Balaban J connectivity index is 1.64. The number of benzene rings is 1. The van der Waals surface area contributed by atoms with E-state index in [1.807, 2.05) is 6.07 Å². The van der Waals surface area contributed by atoms with Crippen molar-refractivity contribution >= 4 is 11.9 Å². The molecular formula is C30H50O14. The SMILES string of the molecule is COC(=O)COCCOCCOCCOCCOCCOCCOCCOCCOCCOCCOC(=O)c1ccccc1. The molecule has 0 aliphatic carbocycles. The van der Waals surface area contributed by atoms with Gasteiger partial charge in [0.25, 0.3) is 0 Å². The lowest BCUT2D eigenvalue weighted by Gasteiger charge is -2.09. The second kappa shape index (κ2) is 32.2. The summed E-state index contributed by atoms with van der Waals surface area (Å²) < 4.78 is 63.4. The zero-order chi connectivity index (χ0) is 31.6. The minimum atomic E-state index is -0.411. The average Bonchev–Trinajstić information content (AvgIpc) is 3.05. The van der Waals surface area contributed by atoms with Crippen LogP contribution < -0.4 is 0 Å². The molecule has 0 spiro atoms. The highest BCUT2D eigenvalue weighted by Crippen LogP contribution is 2.00. The van der Waals surface area contributed by atoms with Gasteiger partial charge in [-0.25, -0.2) is 9.59 Å². The summed E-state index contributed by atoms with van der Waals surface area (Å²) in [5.41, 5.74) is 0.521. The van der Waals surface area contributed by atoms with Gasteiger partial charge in [-0.05, 0) is 12.1 Å². The van der Waals surface area contributed by atoms with E-state index >= 15 is 0 Å². The van der Waals surface area contributed by atoms with Gasteiger partial charge in [-0.1, -0.05) is 18.2 Å². The van der Waals surface area contributed by atoms with Gasteiger partial charge in [-0.2, -0.15) is 0 Å². The number of ether oxygens (including phenoxy) is 12. The van der Waals surface area contributed by atoms with Crippen molar-refractivity contribution in [2.45, 2.75) is 0 Å². The van der Waals surface area contributed by atoms with Crippen LogP contribution >= 0.6 is 0 Å². The van der Waals surface area contributed by atoms with E-state index in [1.165, 1.54) is 7.11 Å². The summed E-state index contributed by atoms with van der Waals surface area (Å²) in [7, 11) is 1.31. The minimum absolute atomic E-state index is 0.0742. The zero-order valence-electron chi connectivity index (χ0n) is 26.0. The van der Waals surface area contributed by atoms with E-state index < -0.39 is 5.97 Å². The first-order chi connectivity index (χ1) is 21.7. The largest absolute Gasteiger partial charge is 0.467 e. The van der Waals surface area contributed by atoms with Gasteiger partial charge in [0.15, 0.2) is 0 Å². The summed E-state index contributed by atoms with van der Waals surface area (Å²) in [5.74, 6) is -0.772. The Kier molecular flexibility index (Phi) is 29.1. The van der Waals surface area contributed by atoms with Crippen LogP contribution in [-0.4, -0.2) is 158 Å². The van der Waals surface area contributed by atoms with E-state index in [2.05, 4.69) is 4.74 Å².